The predicted molar refractivity (Wildman–Crippen MR) is 53.1 cm³/mol. The lowest BCUT2D eigenvalue weighted by Gasteiger charge is -2.01. The molecular weight excluding hydrogens is 162 g/mol. The van der Waals surface area contributed by atoms with Crippen molar-refractivity contribution in [1.82, 2.24) is 9.55 Å². The minimum atomic E-state index is 0.693. The molecule has 0 fully saturated rings. The number of hydrogen-bond acceptors (Lipinski definition) is 2. The molecule has 0 radical (unpaired) electrons. The summed E-state index contributed by atoms with van der Waals surface area (Å²) in [5.74, 6) is 0. The normalized spacial score (nSPS) is 10.2. The second-order valence-corrected chi connectivity index (χ2v) is 2.98. The van der Waals surface area contributed by atoms with Crippen LogP contribution in [0.15, 0.2) is 36.7 Å². The summed E-state index contributed by atoms with van der Waals surface area (Å²) in [4.78, 5) is 4.24. The first-order chi connectivity index (χ1) is 6.27. The molecule has 2 aromatic heterocycles. The molecule has 0 unspecified atom stereocenters. The molecule has 0 saturated heterocycles. The average Bonchev–Trinajstić information content (AvgIpc) is 2.53. The van der Waals surface area contributed by atoms with Crippen molar-refractivity contribution in [2.24, 2.45) is 7.05 Å². The van der Waals surface area contributed by atoms with Crippen molar-refractivity contribution < 1.29 is 0 Å². The molecule has 2 rings (SSSR count). The molecule has 2 heterocycles. The van der Waals surface area contributed by atoms with E-state index in [4.69, 9.17) is 5.73 Å². The van der Waals surface area contributed by atoms with Gasteiger partial charge in [0.15, 0.2) is 0 Å². The Hall–Kier alpha value is -1.77. The average molecular weight is 173 g/mol. The number of pyridine rings is 1. The fraction of sp³-hybridized carbons (Fsp3) is 0.100. The fourth-order valence-corrected chi connectivity index (χ4v) is 1.28. The number of aryl methyl sites for hydroxylation is 1. The Kier molecular flexibility index (Phi) is 1.77. The first-order valence-corrected chi connectivity index (χ1v) is 4.10. The number of hydrogen-bond donors (Lipinski definition) is 1. The summed E-state index contributed by atoms with van der Waals surface area (Å²) in [5, 5.41) is 0. The van der Waals surface area contributed by atoms with E-state index in [1.54, 1.807) is 6.20 Å². The summed E-state index contributed by atoms with van der Waals surface area (Å²) in [6.07, 6.45) is 3.66. The van der Waals surface area contributed by atoms with Crippen molar-refractivity contribution in [3.05, 3.63) is 36.7 Å². The van der Waals surface area contributed by atoms with Gasteiger partial charge in [0.25, 0.3) is 0 Å². The van der Waals surface area contributed by atoms with E-state index in [-0.39, 0.29) is 0 Å². The third-order valence-corrected chi connectivity index (χ3v) is 1.99. The monoisotopic (exact) mass is 173 g/mol. The smallest absolute Gasteiger partial charge is 0.0867 e. The number of nitrogen functional groups attached to an aromatic ring is 1. The maximum Gasteiger partial charge on any atom is 0.0867 e. The Morgan fingerprint density at radius 2 is 2.15 bits per heavy atom. The number of rotatable bonds is 1. The van der Waals surface area contributed by atoms with Gasteiger partial charge in [-0.3, -0.25) is 4.98 Å². The van der Waals surface area contributed by atoms with E-state index in [1.165, 1.54) is 0 Å². The van der Waals surface area contributed by atoms with Crippen LogP contribution < -0.4 is 5.73 Å². The van der Waals surface area contributed by atoms with Gasteiger partial charge in [0.1, 0.15) is 0 Å². The first-order valence-electron chi connectivity index (χ1n) is 4.10. The van der Waals surface area contributed by atoms with Crippen molar-refractivity contribution in [1.29, 1.82) is 0 Å². The van der Waals surface area contributed by atoms with Crippen molar-refractivity contribution in [2.45, 2.75) is 0 Å². The molecule has 0 aromatic carbocycles. The third kappa shape index (κ3) is 1.40. The van der Waals surface area contributed by atoms with Crippen LogP contribution in [0.4, 0.5) is 5.69 Å². The van der Waals surface area contributed by atoms with Crippen LogP contribution in [-0.2, 0) is 7.05 Å². The lowest BCUT2D eigenvalue weighted by Crippen LogP contribution is -1.92. The van der Waals surface area contributed by atoms with Gasteiger partial charge < -0.3 is 10.3 Å². The van der Waals surface area contributed by atoms with E-state index >= 15 is 0 Å². The number of anilines is 1. The molecule has 0 amide bonds. The summed E-state index contributed by atoms with van der Waals surface area (Å²) >= 11 is 0. The van der Waals surface area contributed by atoms with Crippen molar-refractivity contribution in [2.75, 3.05) is 5.73 Å². The Morgan fingerprint density at radius 1 is 1.31 bits per heavy atom. The van der Waals surface area contributed by atoms with Crippen LogP contribution in [0.25, 0.3) is 11.4 Å². The summed E-state index contributed by atoms with van der Waals surface area (Å²) in [7, 11) is 1.99. The second kappa shape index (κ2) is 2.94. The zero-order chi connectivity index (χ0) is 9.26. The summed E-state index contributed by atoms with van der Waals surface area (Å²) in [5.41, 5.74) is 8.28. The zero-order valence-electron chi connectivity index (χ0n) is 7.44. The molecule has 3 nitrogen and oxygen atoms in total. The second-order valence-electron chi connectivity index (χ2n) is 2.98. The van der Waals surface area contributed by atoms with Crippen LogP contribution in [0.3, 0.4) is 0 Å². The molecule has 0 saturated carbocycles. The molecule has 3 heteroatoms. The van der Waals surface area contributed by atoms with Gasteiger partial charge >= 0.3 is 0 Å². The molecule has 2 N–H and O–H groups in total. The Balaban J connectivity index is 2.47. The molecular formula is C10H11N3. The molecule has 0 spiro atoms. The van der Waals surface area contributed by atoms with Crippen LogP contribution in [0.5, 0.6) is 0 Å². The van der Waals surface area contributed by atoms with E-state index < -0.39 is 0 Å². The van der Waals surface area contributed by atoms with Gasteiger partial charge in [-0.25, -0.2) is 0 Å². The quantitative estimate of drug-likeness (QED) is 0.712. The number of nitrogens with zero attached hydrogens (tertiary/aromatic N) is 2. The van der Waals surface area contributed by atoms with E-state index in [0.29, 0.717) is 5.69 Å². The third-order valence-electron chi connectivity index (χ3n) is 1.99. The first kappa shape index (κ1) is 7.86. The maximum absolute atomic E-state index is 5.55. The van der Waals surface area contributed by atoms with Crippen LogP contribution in [0, 0.1) is 0 Å². The number of aromatic nitrogens is 2. The van der Waals surface area contributed by atoms with Gasteiger partial charge in [-0.2, -0.15) is 0 Å². The zero-order valence-corrected chi connectivity index (χ0v) is 7.44. The van der Waals surface area contributed by atoms with Crippen molar-refractivity contribution in [3.8, 4) is 11.4 Å². The minimum absolute atomic E-state index is 0.693. The predicted octanol–water partition coefficient (Wildman–Crippen LogP) is 1.67. The maximum atomic E-state index is 5.55. The fourth-order valence-electron chi connectivity index (χ4n) is 1.28. The highest BCUT2D eigenvalue weighted by Crippen LogP contribution is 2.16. The summed E-state index contributed by atoms with van der Waals surface area (Å²) in [6.45, 7) is 0. The van der Waals surface area contributed by atoms with Gasteiger partial charge in [0, 0.05) is 13.2 Å². The molecule has 13 heavy (non-hydrogen) atoms. The van der Waals surface area contributed by atoms with Crippen molar-refractivity contribution in [3.63, 3.8) is 0 Å². The molecule has 0 aliphatic heterocycles. The Bertz CT molecular complexity index is 400. The van der Waals surface area contributed by atoms with E-state index in [9.17, 15) is 0 Å². The molecule has 0 bridgehead atoms. The van der Waals surface area contributed by atoms with Crippen LogP contribution in [-0.4, -0.2) is 9.55 Å². The number of nitrogens with two attached hydrogens (primary N) is 1. The van der Waals surface area contributed by atoms with Crippen LogP contribution in [0.1, 0.15) is 0 Å². The topological polar surface area (TPSA) is 43.8 Å². The minimum Gasteiger partial charge on any atom is -0.397 e. The van der Waals surface area contributed by atoms with Gasteiger partial charge in [-0.1, -0.05) is 0 Å². The SMILES string of the molecule is Cn1cccc1-c1ccc(N)cn1. The standard InChI is InChI=1S/C10H11N3/c1-13-6-2-3-10(13)9-5-4-8(11)7-12-9/h2-7H,11H2,1H3. The van der Waals surface area contributed by atoms with Crippen LogP contribution in [0.2, 0.25) is 0 Å². The highest BCUT2D eigenvalue weighted by atomic mass is 14.9. The molecule has 0 atom stereocenters. The van der Waals surface area contributed by atoms with Gasteiger partial charge in [0.05, 0.1) is 23.3 Å². The molecule has 66 valence electrons. The van der Waals surface area contributed by atoms with Crippen LogP contribution >= 0.6 is 0 Å². The highest BCUT2D eigenvalue weighted by Gasteiger charge is 2.00. The molecule has 2 aromatic rings. The van der Waals surface area contributed by atoms with E-state index in [1.807, 2.05) is 42.1 Å². The van der Waals surface area contributed by atoms with E-state index in [0.717, 1.165) is 11.4 Å². The summed E-state index contributed by atoms with van der Waals surface area (Å²) < 4.78 is 2.03. The Morgan fingerprint density at radius 3 is 2.69 bits per heavy atom. The lowest BCUT2D eigenvalue weighted by molar-refractivity contribution is 0.931. The largest absolute Gasteiger partial charge is 0.397 e. The lowest BCUT2D eigenvalue weighted by atomic mass is 10.2. The summed E-state index contributed by atoms with van der Waals surface area (Å²) in [6, 6.07) is 7.80. The highest BCUT2D eigenvalue weighted by molar-refractivity contribution is 5.57. The van der Waals surface area contributed by atoms with E-state index in [2.05, 4.69) is 4.98 Å². The molecule has 0 aliphatic carbocycles. The van der Waals surface area contributed by atoms with Gasteiger partial charge in [0.2, 0.25) is 0 Å². The van der Waals surface area contributed by atoms with Gasteiger partial charge in [-0.05, 0) is 24.3 Å². The van der Waals surface area contributed by atoms with Crippen molar-refractivity contribution >= 4 is 5.69 Å². The van der Waals surface area contributed by atoms with Gasteiger partial charge in [-0.15, -0.1) is 0 Å². The molecule has 0 aliphatic rings. The Labute approximate surface area is 76.8 Å².